The number of methoxy groups -OCH3 is 1. The fraction of sp³-hybridized carbons (Fsp3) is 0.429. The summed E-state index contributed by atoms with van der Waals surface area (Å²) in [5.74, 6) is 0. The van der Waals surface area contributed by atoms with Gasteiger partial charge in [0.15, 0.2) is 0 Å². The third-order valence-corrected chi connectivity index (χ3v) is 3.40. The quantitative estimate of drug-likeness (QED) is 0.845. The molecule has 0 heterocycles. The van der Waals surface area contributed by atoms with Crippen LogP contribution in [-0.4, -0.2) is 23.4 Å². The molecule has 1 aromatic rings. The number of aliphatic hydroxyl groups is 1. The molecule has 2 rings (SSSR count). The summed E-state index contributed by atoms with van der Waals surface area (Å²) in [5, 5.41) is 10.1. The van der Waals surface area contributed by atoms with E-state index in [9.17, 15) is 5.11 Å². The van der Waals surface area contributed by atoms with Gasteiger partial charge in [0, 0.05) is 13.5 Å². The first-order valence-corrected chi connectivity index (χ1v) is 5.53. The lowest BCUT2D eigenvalue weighted by Gasteiger charge is -2.47. The van der Waals surface area contributed by atoms with Gasteiger partial charge in [0.25, 0.3) is 0 Å². The van der Waals surface area contributed by atoms with Gasteiger partial charge in [-0.05, 0) is 31.1 Å². The maximum Gasteiger partial charge on any atom is 0.118 e. The van der Waals surface area contributed by atoms with E-state index in [1.54, 1.807) is 21.0 Å². The van der Waals surface area contributed by atoms with Gasteiger partial charge in [0.1, 0.15) is 5.60 Å². The summed E-state index contributed by atoms with van der Waals surface area (Å²) >= 11 is 0. The van der Waals surface area contributed by atoms with Crippen LogP contribution in [0.2, 0.25) is 0 Å². The Bertz CT molecular complexity index is 400. The highest BCUT2D eigenvalue weighted by Gasteiger charge is 2.48. The molecule has 0 saturated carbocycles. The molecule has 0 amide bonds. The van der Waals surface area contributed by atoms with Crippen LogP contribution >= 0.6 is 0 Å². The molecule has 0 saturated heterocycles. The van der Waals surface area contributed by atoms with E-state index in [-0.39, 0.29) is 0 Å². The van der Waals surface area contributed by atoms with Crippen LogP contribution in [0.25, 0.3) is 5.57 Å². The fourth-order valence-corrected chi connectivity index (χ4v) is 2.15. The van der Waals surface area contributed by atoms with Crippen LogP contribution in [0, 0.1) is 0 Å². The number of hydrogen-bond acceptors (Lipinski definition) is 2. The average Bonchev–Trinajstić information content (AvgIpc) is 2.16. The minimum absolute atomic E-state index is 0.530. The van der Waals surface area contributed by atoms with Gasteiger partial charge in [-0.3, -0.25) is 0 Å². The molecule has 0 aliphatic heterocycles. The van der Waals surface area contributed by atoms with Crippen molar-refractivity contribution in [2.24, 2.45) is 0 Å². The Morgan fingerprint density at radius 1 is 1.25 bits per heavy atom. The molecule has 86 valence electrons. The maximum absolute atomic E-state index is 10.1. The van der Waals surface area contributed by atoms with Crippen molar-refractivity contribution < 1.29 is 9.84 Å². The van der Waals surface area contributed by atoms with Gasteiger partial charge in [-0.25, -0.2) is 0 Å². The molecular formula is C14H18O2. The Balaban J connectivity index is 2.27. The summed E-state index contributed by atoms with van der Waals surface area (Å²) in [6, 6.07) is 10.2. The van der Waals surface area contributed by atoms with E-state index < -0.39 is 11.2 Å². The van der Waals surface area contributed by atoms with E-state index in [4.69, 9.17) is 4.74 Å². The lowest BCUT2D eigenvalue weighted by atomic mass is 9.69. The van der Waals surface area contributed by atoms with Crippen molar-refractivity contribution in [3.63, 3.8) is 0 Å². The van der Waals surface area contributed by atoms with E-state index in [2.05, 4.69) is 12.1 Å². The molecule has 1 aliphatic rings. The predicted molar refractivity (Wildman–Crippen MR) is 65.1 cm³/mol. The zero-order valence-electron chi connectivity index (χ0n) is 10.0. The molecule has 1 aliphatic carbocycles. The third kappa shape index (κ3) is 1.68. The molecule has 0 fully saturated rings. The van der Waals surface area contributed by atoms with E-state index >= 15 is 0 Å². The third-order valence-electron chi connectivity index (χ3n) is 3.40. The summed E-state index contributed by atoms with van der Waals surface area (Å²) in [5.41, 5.74) is 1.07. The zero-order chi connectivity index (χ0) is 11.8. The lowest BCUT2D eigenvalue weighted by molar-refractivity contribution is -0.126. The number of benzene rings is 1. The molecule has 2 nitrogen and oxygen atoms in total. The first-order valence-electron chi connectivity index (χ1n) is 5.53. The molecule has 0 bridgehead atoms. The van der Waals surface area contributed by atoms with Crippen molar-refractivity contribution in [1.82, 2.24) is 0 Å². The van der Waals surface area contributed by atoms with E-state index in [0.717, 1.165) is 6.42 Å². The van der Waals surface area contributed by atoms with Gasteiger partial charge < -0.3 is 9.84 Å². The van der Waals surface area contributed by atoms with Crippen LogP contribution in [0.1, 0.15) is 25.8 Å². The lowest BCUT2D eigenvalue weighted by Crippen LogP contribution is -2.54. The highest BCUT2D eigenvalue weighted by atomic mass is 16.5. The summed E-state index contributed by atoms with van der Waals surface area (Å²) in [6.07, 6.45) is 2.79. The molecule has 16 heavy (non-hydrogen) atoms. The summed E-state index contributed by atoms with van der Waals surface area (Å²) in [7, 11) is 1.65. The Labute approximate surface area is 96.6 Å². The first-order chi connectivity index (χ1) is 7.48. The highest BCUT2D eigenvalue weighted by molar-refractivity contribution is 5.74. The highest BCUT2D eigenvalue weighted by Crippen LogP contribution is 2.45. The van der Waals surface area contributed by atoms with Crippen LogP contribution in [0.5, 0.6) is 0 Å². The monoisotopic (exact) mass is 218 g/mol. The predicted octanol–water partition coefficient (Wildman–Crippen LogP) is 2.63. The Morgan fingerprint density at radius 3 is 2.25 bits per heavy atom. The Kier molecular flexibility index (Phi) is 2.64. The second-order valence-electron chi connectivity index (χ2n) is 4.87. The standard InChI is InChI=1S/C14H18O2/c1-13(2,15)14(16-3)9-12(10-14)11-7-5-4-6-8-11/h4-9,15H,10H2,1-3H3. The van der Waals surface area contributed by atoms with Crippen molar-refractivity contribution in [3.8, 4) is 0 Å². The smallest absolute Gasteiger partial charge is 0.118 e. The van der Waals surface area contributed by atoms with Crippen LogP contribution in [0.4, 0.5) is 0 Å². The Hall–Kier alpha value is -1.12. The number of rotatable bonds is 3. The molecule has 0 radical (unpaired) electrons. The van der Waals surface area contributed by atoms with E-state index in [0.29, 0.717) is 0 Å². The van der Waals surface area contributed by atoms with Crippen molar-refractivity contribution >= 4 is 5.57 Å². The fourth-order valence-electron chi connectivity index (χ4n) is 2.15. The maximum atomic E-state index is 10.1. The zero-order valence-corrected chi connectivity index (χ0v) is 10.0. The molecular weight excluding hydrogens is 200 g/mol. The number of hydrogen-bond donors (Lipinski definition) is 1. The second-order valence-corrected chi connectivity index (χ2v) is 4.87. The Morgan fingerprint density at radius 2 is 1.81 bits per heavy atom. The van der Waals surface area contributed by atoms with Gasteiger partial charge in [-0.1, -0.05) is 30.3 Å². The topological polar surface area (TPSA) is 29.5 Å². The summed E-state index contributed by atoms with van der Waals surface area (Å²) in [6.45, 7) is 3.57. The first kappa shape index (κ1) is 11.4. The normalized spacial score (nSPS) is 24.9. The molecule has 0 aromatic heterocycles. The summed E-state index contributed by atoms with van der Waals surface area (Å²) < 4.78 is 5.46. The van der Waals surface area contributed by atoms with Gasteiger partial charge in [0.05, 0.1) is 5.60 Å². The van der Waals surface area contributed by atoms with Crippen LogP contribution in [0.3, 0.4) is 0 Å². The molecule has 1 atom stereocenters. The number of ether oxygens (including phenoxy) is 1. The van der Waals surface area contributed by atoms with Crippen molar-refractivity contribution in [3.05, 3.63) is 42.0 Å². The van der Waals surface area contributed by atoms with E-state index in [1.165, 1.54) is 11.1 Å². The van der Waals surface area contributed by atoms with Crippen LogP contribution in [-0.2, 0) is 4.74 Å². The molecule has 1 N–H and O–H groups in total. The van der Waals surface area contributed by atoms with Gasteiger partial charge in [-0.2, -0.15) is 0 Å². The minimum atomic E-state index is -0.847. The van der Waals surface area contributed by atoms with E-state index in [1.807, 2.05) is 24.3 Å². The van der Waals surface area contributed by atoms with Crippen molar-refractivity contribution in [2.75, 3.05) is 7.11 Å². The molecule has 1 unspecified atom stereocenters. The van der Waals surface area contributed by atoms with Crippen molar-refractivity contribution in [2.45, 2.75) is 31.5 Å². The minimum Gasteiger partial charge on any atom is -0.387 e. The van der Waals surface area contributed by atoms with Crippen molar-refractivity contribution in [1.29, 1.82) is 0 Å². The van der Waals surface area contributed by atoms with Gasteiger partial charge in [-0.15, -0.1) is 0 Å². The average molecular weight is 218 g/mol. The molecule has 2 heteroatoms. The van der Waals surface area contributed by atoms with Crippen LogP contribution in [0.15, 0.2) is 36.4 Å². The molecule has 0 spiro atoms. The van der Waals surface area contributed by atoms with Gasteiger partial charge >= 0.3 is 0 Å². The van der Waals surface area contributed by atoms with Gasteiger partial charge in [0.2, 0.25) is 0 Å². The second kappa shape index (κ2) is 3.72. The SMILES string of the molecule is COC1(C(C)(C)O)C=C(c2ccccc2)C1. The summed E-state index contributed by atoms with van der Waals surface area (Å²) in [4.78, 5) is 0. The van der Waals surface area contributed by atoms with Crippen LogP contribution < -0.4 is 0 Å². The molecule has 1 aromatic carbocycles. The largest absolute Gasteiger partial charge is 0.387 e.